The van der Waals surface area contributed by atoms with Gasteiger partial charge < -0.3 is 5.73 Å². The van der Waals surface area contributed by atoms with Crippen LogP contribution in [0.4, 0.5) is 0 Å². The number of nitrogens with one attached hydrogen (secondary N) is 1. The molecule has 0 amide bonds. The van der Waals surface area contributed by atoms with Crippen LogP contribution in [-0.4, -0.2) is 20.5 Å². The van der Waals surface area contributed by atoms with E-state index in [1.165, 1.54) is 0 Å². The van der Waals surface area contributed by atoms with Crippen LogP contribution in [0.25, 0.3) is 0 Å². The Bertz CT molecular complexity index is 543. The Labute approximate surface area is 109 Å². The quantitative estimate of drug-likeness (QED) is 0.868. The minimum Gasteiger partial charge on any atom is -0.329 e. The number of sulfonamides is 1. The topological polar surface area (TPSA) is 72.2 Å². The predicted octanol–water partition coefficient (Wildman–Crippen LogP) is 1.46. The van der Waals surface area contributed by atoms with Gasteiger partial charge in [-0.05, 0) is 56.4 Å². The predicted molar refractivity (Wildman–Crippen MR) is 71.9 cm³/mol. The molecule has 3 N–H and O–H groups in total. The Balaban J connectivity index is 2.28. The lowest BCUT2D eigenvalue weighted by atomic mass is 9.78. The molecule has 1 aromatic rings. The molecule has 5 heteroatoms. The zero-order valence-corrected chi connectivity index (χ0v) is 11.7. The fraction of sp³-hybridized carbons (Fsp3) is 0.538. The molecule has 0 aromatic heterocycles. The van der Waals surface area contributed by atoms with Gasteiger partial charge in [-0.1, -0.05) is 6.07 Å². The van der Waals surface area contributed by atoms with Crippen molar-refractivity contribution in [3.05, 3.63) is 29.3 Å². The van der Waals surface area contributed by atoms with E-state index >= 15 is 0 Å². The highest BCUT2D eigenvalue weighted by molar-refractivity contribution is 7.89. The molecule has 18 heavy (non-hydrogen) atoms. The number of nitrogens with two attached hydrogens (primary N) is 1. The normalized spacial score (nSPS) is 18.4. The monoisotopic (exact) mass is 268 g/mol. The molecule has 1 saturated carbocycles. The fourth-order valence-corrected chi connectivity index (χ4v) is 3.73. The van der Waals surface area contributed by atoms with Gasteiger partial charge in [0.2, 0.25) is 10.0 Å². The summed E-state index contributed by atoms with van der Waals surface area (Å²) in [5.74, 6) is 0. The van der Waals surface area contributed by atoms with E-state index in [1.54, 1.807) is 12.1 Å². The largest absolute Gasteiger partial charge is 0.329 e. The lowest BCUT2D eigenvalue weighted by Gasteiger charge is -2.41. The average molecular weight is 268 g/mol. The van der Waals surface area contributed by atoms with Gasteiger partial charge in [0.05, 0.1) is 4.90 Å². The summed E-state index contributed by atoms with van der Waals surface area (Å²) in [4.78, 5) is 0.324. The van der Waals surface area contributed by atoms with Gasteiger partial charge in [0.1, 0.15) is 0 Å². The van der Waals surface area contributed by atoms with Crippen LogP contribution >= 0.6 is 0 Å². The second-order valence-corrected chi connectivity index (χ2v) is 6.87. The Hall–Kier alpha value is -0.910. The van der Waals surface area contributed by atoms with Gasteiger partial charge in [0.15, 0.2) is 0 Å². The molecule has 1 aliphatic carbocycles. The molecule has 0 atom stereocenters. The van der Waals surface area contributed by atoms with Gasteiger partial charge in [0.25, 0.3) is 0 Å². The summed E-state index contributed by atoms with van der Waals surface area (Å²) < 4.78 is 27.4. The molecular weight excluding hydrogens is 248 g/mol. The van der Waals surface area contributed by atoms with E-state index in [0.717, 1.165) is 30.4 Å². The molecule has 1 aromatic carbocycles. The minimum atomic E-state index is -3.46. The Morgan fingerprint density at radius 2 is 1.94 bits per heavy atom. The zero-order chi connectivity index (χ0) is 13.4. The number of benzene rings is 1. The molecule has 0 saturated heterocycles. The first kappa shape index (κ1) is 13.5. The molecule has 100 valence electrons. The Kier molecular flexibility index (Phi) is 3.49. The minimum absolute atomic E-state index is 0.324. The van der Waals surface area contributed by atoms with Crippen LogP contribution in [0.5, 0.6) is 0 Å². The first-order chi connectivity index (χ1) is 8.38. The third-order valence-electron chi connectivity index (χ3n) is 3.84. The molecule has 0 radical (unpaired) electrons. The summed E-state index contributed by atoms with van der Waals surface area (Å²) in [6.45, 7) is 4.24. The van der Waals surface area contributed by atoms with E-state index in [1.807, 2.05) is 19.9 Å². The van der Waals surface area contributed by atoms with Crippen LogP contribution in [0.3, 0.4) is 0 Å². The Morgan fingerprint density at radius 1 is 1.28 bits per heavy atom. The zero-order valence-electron chi connectivity index (χ0n) is 10.9. The van der Waals surface area contributed by atoms with E-state index in [2.05, 4.69) is 4.72 Å². The molecule has 0 unspecified atom stereocenters. The van der Waals surface area contributed by atoms with E-state index in [4.69, 9.17) is 5.73 Å². The highest BCUT2D eigenvalue weighted by Gasteiger charge is 2.39. The SMILES string of the molecule is Cc1ccc(S(=O)(=O)NC2(CN)CCC2)cc1C. The summed E-state index contributed by atoms with van der Waals surface area (Å²) in [5, 5.41) is 0. The molecule has 0 spiro atoms. The van der Waals surface area contributed by atoms with Crippen molar-refractivity contribution in [1.82, 2.24) is 4.72 Å². The van der Waals surface area contributed by atoms with Crippen molar-refractivity contribution < 1.29 is 8.42 Å². The van der Waals surface area contributed by atoms with Crippen molar-refractivity contribution in [3.8, 4) is 0 Å². The molecular formula is C13H20N2O2S. The standard InChI is InChI=1S/C13H20N2O2S/c1-10-4-5-12(8-11(10)2)18(16,17)15-13(9-14)6-3-7-13/h4-5,8,15H,3,6-7,9,14H2,1-2H3. The van der Waals surface area contributed by atoms with Gasteiger partial charge in [-0.15, -0.1) is 0 Å². The molecule has 0 heterocycles. The van der Waals surface area contributed by atoms with Gasteiger partial charge >= 0.3 is 0 Å². The van der Waals surface area contributed by atoms with Crippen molar-refractivity contribution in [2.75, 3.05) is 6.54 Å². The number of rotatable bonds is 4. The summed E-state index contributed by atoms with van der Waals surface area (Å²) in [6, 6.07) is 5.19. The smallest absolute Gasteiger partial charge is 0.241 e. The maximum absolute atomic E-state index is 12.3. The second kappa shape index (κ2) is 4.64. The lowest BCUT2D eigenvalue weighted by Crippen LogP contribution is -2.58. The van der Waals surface area contributed by atoms with E-state index in [-0.39, 0.29) is 0 Å². The summed E-state index contributed by atoms with van der Waals surface area (Å²) in [5.41, 5.74) is 7.33. The van der Waals surface area contributed by atoms with Crippen molar-refractivity contribution in [1.29, 1.82) is 0 Å². The van der Waals surface area contributed by atoms with Crippen molar-refractivity contribution in [2.24, 2.45) is 5.73 Å². The Morgan fingerprint density at radius 3 is 2.39 bits per heavy atom. The number of hydrogen-bond donors (Lipinski definition) is 2. The highest BCUT2D eigenvalue weighted by Crippen LogP contribution is 2.32. The molecule has 0 bridgehead atoms. The maximum atomic E-state index is 12.3. The van der Waals surface area contributed by atoms with Crippen molar-refractivity contribution >= 4 is 10.0 Å². The van der Waals surface area contributed by atoms with Gasteiger partial charge in [-0.2, -0.15) is 0 Å². The van der Waals surface area contributed by atoms with Gasteiger partial charge in [-0.3, -0.25) is 0 Å². The first-order valence-corrected chi connectivity index (χ1v) is 7.68. The molecule has 2 rings (SSSR count). The third kappa shape index (κ3) is 2.43. The molecule has 4 nitrogen and oxygen atoms in total. The number of hydrogen-bond acceptors (Lipinski definition) is 3. The maximum Gasteiger partial charge on any atom is 0.241 e. The van der Waals surface area contributed by atoms with Crippen LogP contribution in [0.1, 0.15) is 30.4 Å². The third-order valence-corrected chi connectivity index (χ3v) is 5.42. The van der Waals surface area contributed by atoms with Gasteiger partial charge in [-0.25, -0.2) is 13.1 Å². The first-order valence-electron chi connectivity index (χ1n) is 6.20. The molecule has 0 aliphatic heterocycles. The van der Waals surface area contributed by atoms with Crippen LogP contribution in [-0.2, 0) is 10.0 Å². The van der Waals surface area contributed by atoms with Crippen LogP contribution in [0.2, 0.25) is 0 Å². The van der Waals surface area contributed by atoms with Crippen LogP contribution < -0.4 is 10.5 Å². The summed E-state index contributed by atoms with van der Waals surface area (Å²) >= 11 is 0. The number of aryl methyl sites for hydroxylation is 2. The van der Waals surface area contributed by atoms with Crippen LogP contribution in [0.15, 0.2) is 23.1 Å². The second-order valence-electron chi connectivity index (χ2n) is 5.19. The fourth-order valence-electron chi connectivity index (χ4n) is 2.18. The van der Waals surface area contributed by atoms with Crippen LogP contribution in [0, 0.1) is 13.8 Å². The van der Waals surface area contributed by atoms with Crippen molar-refractivity contribution in [3.63, 3.8) is 0 Å². The van der Waals surface area contributed by atoms with E-state index < -0.39 is 15.6 Å². The van der Waals surface area contributed by atoms with E-state index in [0.29, 0.717) is 11.4 Å². The lowest BCUT2D eigenvalue weighted by molar-refractivity contribution is 0.230. The van der Waals surface area contributed by atoms with Crippen molar-refractivity contribution in [2.45, 2.75) is 43.5 Å². The molecule has 1 aliphatic rings. The molecule has 1 fully saturated rings. The highest BCUT2D eigenvalue weighted by atomic mass is 32.2. The van der Waals surface area contributed by atoms with E-state index in [9.17, 15) is 8.42 Å². The van der Waals surface area contributed by atoms with Gasteiger partial charge in [0, 0.05) is 12.1 Å². The summed E-state index contributed by atoms with van der Waals surface area (Å²) in [6.07, 6.45) is 2.69. The summed E-state index contributed by atoms with van der Waals surface area (Å²) in [7, 11) is -3.46. The average Bonchev–Trinajstić information content (AvgIpc) is 2.27.